The fourth-order valence-electron chi connectivity index (χ4n) is 2.80. The summed E-state index contributed by atoms with van der Waals surface area (Å²) in [5.74, 6) is 0.381. The van der Waals surface area contributed by atoms with E-state index in [0.717, 1.165) is 5.69 Å². The largest absolute Gasteiger partial charge is 0.439 e. The summed E-state index contributed by atoms with van der Waals surface area (Å²) in [7, 11) is 0. The fraction of sp³-hybridized carbons (Fsp3) is 0.208. The van der Waals surface area contributed by atoms with Crippen LogP contribution >= 0.6 is 0 Å². The molecule has 6 heteroatoms. The third kappa shape index (κ3) is 5.58. The lowest BCUT2D eigenvalue weighted by molar-refractivity contribution is -0.149. The number of carbonyl (C=O) groups excluding carboxylic acids is 1. The Morgan fingerprint density at radius 1 is 0.967 bits per heavy atom. The SMILES string of the molecule is CC(C)C(Nc1ccccc1)C(=O)OC(C#N)c1cccc(Oc2ccccc2)n1. The zero-order chi connectivity index (χ0) is 21.3. The van der Waals surface area contributed by atoms with Gasteiger partial charge in [-0.1, -0.05) is 56.3 Å². The number of nitrogens with one attached hydrogen (secondary N) is 1. The van der Waals surface area contributed by atoms with E-state index in [-0.39, 0.29) is 5.92 Å². The van der Waals surface area contributed by atoms with Gasteiger partial charge in [0.05, 0.1) is 5.69 Å². The van der Waals surface area contributed by atoms with Crippen molar-refractivity contribution < 1.29 is 14.3 Å². The van der Waals surface area contributed by atoms with Gasteiger partial charge in [0.15, 0.2) is 0 Å². The van der Waals surface area contributed by atoms with Crippen molar-refractivity contribution in [1.82, 2.24) is 4.98 Å². The zero-order valence-corrected chi connectivity index (χ0v) is 16.9. The average Bonchev–Trinajstić information content (AvgIpc) is 2.77. The van der Waals surface area contributed by atoms with E-state index in [1.165, 1.54) is 0 Å². The van der Waals surface area contributed by atoms with Gasteiger partial charge in [0.25, 0.3) is 0 Å². The number of carbonyl (C=O) groups is 1. The molecule has 0 saturated carbocycles. The van der Waals surface area contributed by atoms with Gasteiger partial charge in [-0.2, -0.15) is 5.26 Å². The van der Waals surface area contributed by atoms with Gasteiger partial charge >= 0.3 is 5.97 Å². The van der Waals surface area contributed by atoms with Gasteiger partial charge in [-0.3, -0.25) is 0 Å². The van der Waals surface area contributed by atoms with Crippen molar-refractivity contribution in [2.75, 3.05) is 5.32 Å². The minimum Gasteiger partial charge on any atom is -0.439 e. The monoisotopic (exact) mass is 401 g/mol. The molecule has 2 unspecified atom stereocenters. The van der Waals surface area contributed by atoms with E-state index in [4.69, 9.17) is 9.47 Å². The first-order valence-electron chi connectivity index (χ1n) is 9.68. The van der Waals surface area contributed by atoms with Crippen molar-refractivity contribution in [3.05, 3.63) is 84.6 Å². The van der Waals surface area contributed by atoms with Gasteiger partial charge in [-0.15, -0.1) is 0 Å². The summed E-state index contributed by atoms with van der Waals surface area (Å²) in [5, 5.41) is 12.8. The molecule has 0 spiro atoms. The molecule has 152 valence electrons. The van der Waals surface area contributed by atoms with Gasteiger partial charge in [0, 0.05) is 11.8 Å². The van der Waals surface area contributed by atoms with Crippen LogP contribution in [-0.4, -0.2) is 17.0 Å². The standard InChI is InChI=1S/C24H23N3O3/c1-17(2)23(26-18-10-5-3-6-11-18)24(28)30-21(16-25)20-14-9-15-22(27-20)29-19-12-7-4-8-13-19/h3-15,17,21,23,26H,1-2H3. The molecule has 0 saturated heterocycles. The van der Waals surface area contributed by atoms with Crippen LogP contribution in [0.1, 0.15) is 25.6 Å². The molecule has 30 heavy (non-hydrogen) atoms. The highest BCUT2D eigenvalue weighted by Gasteiger charge is 2.28. The topological polar surface area (TPSA) is 84.2 Å². The van der Waals surface area contributed by atoms with E-state index in [1.54, 1.807) is 30.3 Å². The molecule has 0 amide bonds. The third-order valence-electron chi connectivity index (χ3n) is 4.35. The molecule has 2 aromatic carbocycles. The summed E-state index contributed by atoms with van der Waals surface area (Å²) in [6.07, 6.45) is -1.14. The molecular weight excluding hydrogens is 378 g/mol. The molecule has 0 radical (unpaired) electrons. The van der Waals surface area contributed by atoms with Crippen molar-refractivity contribution in [3.63, 3.8) is 0 Å². The first kappa shape index (κ1) is 20.9. The molecule has 1 N–H and O–H groups in total. The lowest BCUT2D eigenvalue weighted by Crippen LogP contribution is -2.36. The number of anilines is 1. The number of nitriles is 1. The molecule has 0 aliphatic heterocycles. The molecular formula is C24H23N3O3. The van der Waals surface area contributed by atoms with Crippen molar-refractivity contribution in [3.8, 4) is 17.7 Å². The van der Waals surface area contributed by atoms with Gasteiger partial charge in [0.2, 0.25) is 12.0 Å². The Labute approximate surface area is 176 Å². The number of ether oxygens (including phenoxy) is 2. The van der Waals surface area contributed by atoms with Gasteiger partial charge in [0.1, 0.15) is 17.9 Å². The molecule has 0 bridgehead atoms. The number of hydrogen-bond donors (Lipinski definition) is 1. The summed E-state index contributed by atoms with van der Waals surface area (Å²) in [5.41, 5.74) is 1.11. The lowest BCUT2D eigenvalue weighted by atomic mass is 10.0. The van der Waals surface area contributed by atoms with Crippen LogP contribution in [0.3, 0.4) is 0 Å². The second-order valence-electron chi connectivity index (χ2n) is 6.99. The predicted molar refractivity (Wildman–Crippen MR) is 114 cm³/mol. The normalized spacial score (nSPS) is 12.5. The second-order valence-corrected chi connectivity index (χ2v) is 6.99. The number of nitrogens with zero attached hydrogens (tertiary/aromatic N) is 2. The van der Waals surface area contributed by atoms with Crippen LogP contribution in [0.2, 0.25) is 0 Å². The molecule has 2 atom stereocenters. The van der Waals surface area contributed by atoms with Gasteiger partial charge < -0.3 is 14.8 Å². The Hall–Kier alpha value is -3.85. The summed E-state index contributed by atoms with van der Waals surface area (Å²) in [6.45, 7) is 3.83. The fourth-order valence-corrected chi connectivity index (χ4v) is 2.80. The molecule has 6 nitrogen and oxygen atoms in total. The summed E-state index contributed by atoms with van der Waals surface area (Å²) in [6, 6.07) is 25.0. The first-order valence-corrected chi connectivity index (χ1v) is 9.68. The number of hydrogen-bond acceptors (Lipinski definition) is 6. The van der Waals surface area contributed by atoms with Crippen LogP contribution in [0.5, 0.6) is 11.6 Å². The molecule has 0 fully saturated rings. The Morgan fingerprint density at radius 3 is 2.27 bits per heavy atom. The van der Waals surface area contributed by atoms with Crippen LogP contribution in [-0.2, 0) is 9.53 Å². The number of pyridine rings is 1. The van der Waals surface area contributed by atoms with E-state index in [9.17, 15) is 10.1 Å². The van der Waals surface area contributed by atoms with Crippen molar-refractivity contribution in [1.29, 1.82) is 5.26 Å². The smallest absolute Gasteiger partial charge is 0.330 e. The van der Waals surface area contributed by atoms with Gasteiger partial charge in [-0.05, 0) is 36.2 Å². The molecule has 0 aliphatic rings. The molecule has 1 aromatic heterocycles. The molecule has 3 aromatic rings. The second kappa shape index (κ2) is 10.1. The molecule has 3 rings (SSSR count). The predicted octanol–water partition coefficient (Wildman–Crippen LogP) is 5.12. The third-order valence-corrected chi connectivity index (χ3v) is 4.35. The summed E-state index contributed by atoms with van der Waals surface area (Å²) in [4.78, 5) is 17.2. The van der Waals surface area contributed by atoms with E-state index in [0.29, 0.717) is 17.3 Å². The highest BCUT2D eigenvalue weighted by Crippen LogP contribution is 2.23. The lowest BCUT2D eigenvalue weighted by Gasteiger charge is -2.23. The van der Waals surface area contributed by atoms with Crippen LogP contribution in [0.15, 0.2) is 78.9 Å². The first-order chi connectivity index (χ1) is 14.6. The van der Waals surface area contributed by atoms with Gasteiger partial charge in [-0.25, -0.2) is 9.78 Å². The van der Waals surface area contributed by atoms with Crippen molar-refractivity contribution in [2.24, 2.45) is 5.92 Å². The summed E-state index contributed by atoms with van der Waals surface area (Å²) < 4.78 is 11.2. The number of rotatable bonds is 8. The van der Waals surface area contributed by atoms with Crippen molar-refractivity contribution in [2.45, 2.75) is 26.0 Å². The van der Waals surface area contributed by atoms with Crippen LogP contribution in [0.25, 0.3) is 0 Å². The van der Waals surface area contributed by atoms with Crippen molar-refractivity contribution >= 4 is 11.7 Å². The number of para-hydroxylation sites is 2. The minimum absolute atomic E-state index is 0.0437. The Bertz CT molecular complexity index is 1000. The van der Waals surface area contributed by atoms with E-state index in [1.807, 2.05) is 68.4 Å². The highest BCUT2D eigenvalue weighted by atomic mass is 16.5. The maximum atomic E-state index is 12.8. The molecule has 0 aliphatic carbocycles. The number of esters is 1. The zero-order valence-electron chi connectivity index (χ0n) is 16.9. The van der Waals surface area contributed by atoms with E-state index in [2.05, 4.69) is 10.3 Å². The van der Waals surface area contributed by atoms with Crippen LogP contribution in [0, 0.1) is 17.2 Å². The maximum Gasteiger partial charge on any atom is 0.330 e. The average molecular weight is 401 g/mol. The molecule has 1 heterocycles. The van der Waals surface area contributed by atoms with Crippen LogP contribution in [0.4, 0.5) is 5.69 Å². The maximum absolute atomic E-state index is 12.8. The minimum atomic E-state index is -1.14. The Morgan fingerprint density at radius 2 is 1.63 bits per heavy atom. The quantitative estimate of drug-likeness (QED) is 0.528. The Balaban J connectivity index is 1.73. The van der Waals surface area contributed by atoms with E-state index >= 15 is 0 Å². The number of aromatic nitrogens is 1. The van der Waals surface area contributed by atoms with E-state index < -0.39 is 18.1 Å². The van der Waals surface area contributed by atoms with Crippen LogP contribution < -0.4 is 10.1 Å². The number of benzene rings is 2. The highest BCUT2D eigenvalue weighted by molar-refractivity contribution is 5.80. The Kier molecular flexibility index (Phi) is 7.01. The summed E-state index contributed by atoms with van der Waals surface area (Å²) >= 11 is 0.